The van der Waals surface area contributed by atoms with E-state index in [1.54, 1.807) is 0 Å². The molecule has 1 saturated heterocycles. The van der Waals surface area contributed by atoms with Crippen molar-refractivity contribution in [3.63, 3.8) is 0 Å². The first-order chi connectivity index (χ1) is 5.38. The number of nitrogens with one attached hydrogen (secondary N) is 1. The van der Waals surface area contributed by atoms with E-state index < -0.39 is 0 Å². The van der Waals surface area contributed by atoms with E-state index in [4.69, 9.17) is 0 Å². The van der Waals surface area contributed by atoms with E-state index in [0.717, 1.165) is 12.5 Å². The molecular formula is C8H10BrNS. The Morgan fingerprint density at radius 2 is 2.55 bits per heavy atom. The van der Waals surface area contributed by atoms with Crippen LogP contribution in [0, 0.1) is 0 Å². The van der Waals surface area contributed by atoms with E-state index in [-0.39, 0.29) is 0 Å². The van der Waals surface area contributed by atoms with Crippen molar-refractivity contribution >= 4 is 27.3 Å². The van der Waals surface area contributed by atoms with Gasteiger partial charge in [0.15, 0.2) is 0 Å². The fraction of sp³-hybridized carbons (Fsp3) is 0.500. The highest BCUT2D eigenvalue weighted by Crippen LogP contribution is 2.33. The Bertz CT molecular complexity index is 240. The van der Waals surface area contributed by atoms with Gasteiger partial charge in [0.25, 0.3) is 0 Å². The van der Waals surface area contributed by atoms with Crippen LogP contribution in [-0.4, -0.2) is 13.1 Å². The van der Waals surface area contributed by atoms with E-state index in [9.17, 15) is 0 Å². The topological polar surface area (TPSA) is 12.0 Å². The van der Waals surface area contributed by atoms with Gasteiger partial charge in [-0.2, -0.15) is 0 Å². The Labute approximate surface area is 78.9 Å². The molecule has 2 heterocycles. The summed E-state index contributed by atoms with van der Waals surface area (Å²) in [6, 6.07) is 2.14. The molecular weight excluding hydrogens is 222 g/mol. The Morgan fingerprint density at radius 3 is 3.09 bits per heavy atom. The monoisotopic (exact) mass is 231 g/mol. The lowest BCUT2D eigenvalue weighted by molar-refractivity contribution is 0.776. The van der Waals surface area contributed by atoms with Crippen LogP contribution in [0.5, 0.6) is 0 Å². The molecule has 0 amide bonds. The van der Waals surface area contributed by atoms with E-state index in [2.05, 4.69) is 32.7 Å². The van der Waals surface area contributed by atoms with Gasteiger partial charge in [-0.3, -0.25) is 0 Å². The first-order valence-electron chi connectivity index (χ1n) is 3.81. The number of hydrogen-bond donors (Lipinski definition) is 1. The summed E-state index contributed by atoms with van der Waals surface area (Å²) in [5.41, 5.74) is 0. The van der Waals surface area contributed by atoms with Crippen LogP contribution in [0.1, 0.15) is 17.2 Å². The van der Waals surface area contributed by atoms with Gasteiger partial charge in [0, 0.05) is 21.8 Å². The second-order valence-corrected chi connectivity index (χ2v) is 4.62. The maximum absolute atomic E-state index is 3.56. The van der Waals surface area contributed by atoms with Gasteiger partial charge in [-0.25, -0.2) is 0 Å². The van der Waals surface area contributed by atoms with Gasteiger partial charge < -0.3 is 5.32 Å². The minimum atomic E-state index is 0.754. The van der Waals surface area contributed by atoms with Gasteiger partial charge in [0.05, 0.1) is 0 Å². The highest BCUT2D eigenvalue weighted by atomic mass is 79.9. The molecule has 0 aromatic carbocycles. The van der Waals surface area contributed by atoms with E-state index in [1.165, 1.54) is 22.3 Å². The lowest BCUT2D eigenvalue weighted by Crippen LogP contribution is -2.07. The van der Waals surface area contributed by atoms with Crippen LogP contribution in [0.3, 0.4) is 0 Å². The molecule has 2 rings (SSSR count). The zero-order chi connectivity index (χ0) is 7.68. The normalized spacial score (nSPS) is 24.3. The smallest absolute Gasteiger partial charge is 0.0317 e. The van der Waals surface area contributed by atoms with Crippen LogP contribution in [0.4, 0.5) is 0 Å². The first-order valence-corrected chi connectivity index (χ1v) is 5.49. The predicted molar refractivity (Wildman–Crippen MR) is 52.2 cm³/mol. The third-order valence-corrected chi connectivity index (χ3v) is 4.11. The van der Waals surface area contributed by atoms with Crippen LogP contribution in [-0.2, 0) is 0 Å². The Morgan fingerprint density at radius 1 is 1.64 bits per heavy atom. The minimum absolute atomic E-state index is 0.754. The van der Waals surface area contributed by atoms with Crippen molar-refractivity contribution in [2.45, 2.75) is 12.3 Å². The summed E-state index contributed by atoms with van der Waals surface area (Å²) >= 11 is 5.42. The van der Waals surface area contributed by atoms with Crippen LogP contribution < -0.4 is 5.32 Å². The average Bonchev–Trinajstić information content (AvgIpc) is 2.55. The highest BCUT2D eigenvalue weighted by molar-refractivity contribution is 9.10. The van der Waals surface area contributed by atoms with E-state index in [1.807, 2.05) is 11.3 Å². The predicted octanol–water partition coefficient (Wildman–Crippen LogP) is 2.59. The van der Waals surface area contributed by atoms with E-state index >= 15 is 0 Å². The van der Waals surface area contributed by atoms with Crippen LogP contribution in [0.15, 0.2) is 15.9 Å². The molecule has 0 spiro atoms. The van der Waals surface area contributed by atoms with Gasteiger partial charge in [-0.15, -0.1) is 11.3 Å². The third-order valence-electron chi connectivity index (χ3n) is 2.08. The molecule has 0 bridgehead atoms. The summed E-state index contributed by atoms with van der Waals surface area (Å²) in [4.78, 5) is 1.51. The van der Waals surface area contributed by atoms with Crippen molar-refractivity contribution in [1.29, 1.82) is 0 Å². The van der Waals surface area contributed by atoms with Gasteiger partial charge in [-0.05, 0) is 40.3 Å². The Kier molecular flexibility index (Phi) is 2.30. The molecule has 60 valence electrons. The maximum atomic E-state index is 3.56. The summed E-state index contributed by atoms with van der Waals surface area (Å²) in [5, 5.41) is 5.52. The van der Waals surface area contributed by atoms with Gasteiger partial charge in [0.2, 0.25) is 0 Å². The van der Waals surface area contributed by atoms with E-state index in [0.29, 0.717) is 0 Å². The second kappa shape index (κ2) is 3.25. The molecule has 0 aliphatic carbocycles. The number of halogens is 1. The molecule has 1 unspecified atom stereocenters. The summed E-state index contributed by atoms with van der Waals surface area (Å²) < 4.78 is 1.29. The first kappa shape index (κ1) is 7.77. The third kappa shape index (κ3) is 1.50. The molecule has 1 aromatic rings. The summed E-state index contributed by atoms with van der Waals surface area (Å²) in [6.45, 7) is 2.33. The molecule has 11 heavy (non-hydrogen) atoms. The Balaban J connectivity index is 2.21. The summed E-state index contributed by atoms with van der Waals surface area (Å²) in [5.74, 6) is 0.754. The standard InChI is InChI=1S/C8H10BrNS/c9-7-2-4-11-8(7)6-1-3-10-5-6/h2,4,6,10H,1,3,5H2. The molecule has 1 aliphatic heterocycles. The summed E-state index contributed by atoms with van der Waals surface area (Å²) in [6.07, 6.45) is 1.29. The van der Waals surface area contributed by atoms with Crippen molar-refractivity contribution in [1.82, 2.24) is 5.32 Å². The molecule has 0 radical (unpaired) electrons. The highest BCUT2D eigenvalue weighted by Gasteiger charge is 2.19. The number of rotatable bonds is 1. The van der Waals surface area contributed by atoms with Gasteiger partial charge in [0.1, 0.15) is 0 Å². The molecule has 3 heteroatoms. The van der Waals surface area contributed by atoms with Gasteiger partial charge >= 0.3 is 0 Å². The SMILES string of the molecule is Brc1ccsc1C1CCNC1. The largest absolute Gasteiger partial charge is 0.316 e. The van der Waals surface area contributed by atoms with Crippen molar-refractivity contribution in [2.24, 2.45) is 0 Å². The zero-order valence-corrected chi connectivity index (χ0v) is 8.54. The average molecular weight is 232 g/mol. The lowest BCUT2D eigenvalue weighted by Gasteiger charge is -2.04. The molecule has 1 aromatic heterocycles. The van der Waals surface area contributed by atoms with Crippen molar-refractivity contribution in [2.75, 3.05) is 13.1 Å². The van der Waals surface area contributed by atoms with Crippen LogP contribution in [0.2, 0.25) is 0 Å². The minimum Gasteiger partial charge on any atom is -0.316 e. The fourth-order valence-electron chi connectivity index (χ4n) is 1.48. The quantitative estimate of drug-likeness (QED) is 0.784. The van der Waals surface area contributed by atoms with Crippen molar-refractivity contribution in [3.05, 3.63) is 20.8 Å². The Hall–Kier alpha value is 0.140. The fourth-order valence-corrected chi connectivity index (χ4v) is 3.31. The molecule has 1 N–H and O–H groups in total. The van der Waals surface area contributed by atoms with Crippen LogP contribution in [0.25, 0.3) is 0 Å². The number of thiophene rings is 1. The van der Waals surface area contributed by atoms with Crippen LogP contribution >= 0.6 is 27.3 Å². The molecule has 1 aliphatic rings. The lowest BCUT2D eigenvalue weighted by atomic mass is 10.1. The maximum Gasteiger partial charge on any atom is 0.0317 e. The van der Waals surface area contributed by atoms with Crippen molar-refractivity contribution < 1.29 is 0 Å². The van der Waals surface area contributed by atoms with Crippen molar-refractivity contribution in [3.8, 4) is 0 Å². The zero-order valence-electron chi connectivity index (χ0n) is 6.14. The second-order valence-electron chi connectivity index (χ2n) is 2.82. The molecule has 1 atom stereocenters. The molecule has 1 fully saturated rings. The summed E-state index contributed by atoms with van der Waals surface area (Å²) in [7, 11) is 0. The number of hydrogen-bond acceptors (Lipinski definition) is 2. The molecule has 1 nitrogen and oxygen atoms in total. The molecule has 0 saturated carbocycles. The van der Waals surface area contributed by atoms with Gasteiger partial charge in [-0.1, -0.05) is 0 Å².